The van der Waals surface area contributed by atoms with Crippen molar-refractivity contribution in [3.8, 4) is 22.3 Å². The summed E-state index contributed by atoms with van der Waals surface area (Å²) in [5, 5.41) is 2.51. The Kier molecular flexibility index (Phi) is 4.58. The van der Waals surface area contributed by atoms with E-state index in [9.17, 15) is 0 Å². The Morgan fingerprint density at radius 3 is 1.70 bits per heavy atom. The number of benzene rings is 2. The van der Waals surface area contributed by atoms with Crippen LogP contribution in [0.3, 0.4) is 0 Å². The van der Waals surface area contributed by atoms with E-state index in [0.717, 1.165) is 6.54 Å². The van der Waals surface area contributed by atoms with Gasteiger partial charge < -0.3 is 26.9 Å². The molecule has 27 heavy (non-hydrogen) atoms. The fraction of sp³-hybridized carbons (Fsp3) is 0.0870. The minimum atomic E-state index is 0. The summed E-state index contributed by atoms with van der Waals surface area (Å²) in [6.07, 6.45) is 8.68. The van der Waals surface area contributed by atoms with Crippen LogP contribution in [0.15, 0.2) is 79.4 Å². The number of halogens is 1. The number of nitrogens with zero attached hydrogens (tertiary/aromatic N) is 1. The zero-order chi connectivity index (χ0) is 17.5. The average molecular weight is 418 g/mol. The number of aromatic amines is 2. The fourth-order valence-electron chi connectivity index (χ4n) is 3.73. The van der Waals surface area contributed by atoms with Gasteiger partial charge in [-0.15, -0.1) is 0 Å². The van der Waals surface area contributed by atoms with E-state index in [1.54, 1.807) is 0 Å². The first-order chi connectivity index (χ1) is 12.8. The number of aryl methyl sites for hydroxylation is 1. The third-order valence-electron chi connectivity index (χ3n) is 5.09. The normalized spacial score (nSPS) is 11.0. The highest BCUT2D eigenvalue weighted by Crippen LogP contribution is 2.33. The molecule has 5 aromatic rings. The summed E-state index contributed by atoms with van der Waals surface area (Å²) in [6.45, 7) is 3.11. The monoisotopic (exact) mass is 417 g/mol. The molecule has 0 fully saturated rings. The molecule has 3 aromatic heterocycles. The molecule has 0 aliphatic rings. The molecule has 0 amide bonds. The van der Waals surface area contributed by atoms with Crippen molar-refractivity contribution in [2.75, 3.05) is 0 Å². The van der Waals surface area contributed by atoms with Gasteiger partial charge in [0.25, 0.3) is 0 Å². The van der Waals surface area contributed by atoms with Gasteiger partial charge in [0.05, 0.1) is 0 Å². The van der Waals surface area contributed by atoms with Gasteiger partial charge >= 0.3 is 0 Å². The predicted molar refractivity (Wildman–Crippen MR) is 107 cm³/mol. The standard InChI is InChI=1S/C23H20N3.BrH/c1-2-26-14-16(20-12-24-22-9-5-3-7-18(20)22)11-17(15-26)21-13-25-23-10-6-4-8-19(21)23;/h3-15,24-25H,2H2,1H3;1H/q+1;/p-1. The van der Waals surface area contributed by atoms with Crippen molar-refractivity contribution in [2.24, 2.45) is 0 Å². The lowest BCUT2D eigenvalue weighted by atomic mass is 10.0. The second kappa shape index (κ2) is 7.05. The van der Waals surface area contributed by atoms with Gasteiger partial charge in [-0.1, -0.05) is 36.4 Å². The van der Waals surface area contributed by atoms with Crippen molar-refractivity contribution in [2.45, 2.75) is 13.5 Å². The molecule has 3 heterocycles. The molecule has 5 rings (SSSR count). The lowest BCUT2D eigenvalue weighted by molar-refractivity contribution is -0.692. The summed E-state index contributed by atoms with van der Waals surface area (Å²) in [5.41, 5.74) is 7.28. The molecule has 0 aliphatic heterocycles. The highest BCUT2D eigenvalue weighted by Gasteiger charge is 2.15. The fourth-order valence-corrected chi connectivity index (χ4v) is 3.73. The van der Waals surface area contributed by atoms with Crippen LogP contribution in [0.5, 0.6) is 0 Å². The molecule has 4 heteroatoms. The van der Waals surface area contributed by atoms with Crippen LogP contribution in [0.2, 0.25) is 0 Å². The quantitative estimate of drug-likeness (QED) is 0.422. The number of rotatable bonds is 3. The maximum atomic E-state index is 3.39. The molecule has 2 aromatic carbocycles. The second-order valence-corrected chi connectivity index (χ2v) is 6.64. The second-order valence-electron chi connectivity index (χ2n) is 6.64. The molecular weight excluding hydrogens is 398 g/mol. The Labute approximate surface area is 168 Å². The van der Waals surface area contributed by atoms with Crippen LogP contribution in [0.1, 0.15) is 6.92 Å². The Hall–Kier alpha value is -2.85. The number of pyridine rings is 1. The number of hydrogen-bond acceptors (Lipinski definition) is 0. The van der Waals surface area contributed by atoms with E-state index in [1.807, 2.05) is 0 Å². The molecule has 134 valence electrons. The molecule has 0 saturated carbocycles. The van der Waals surface area contributed by atoms with Gasteiger partial charge in [0.15, 0.2) is 12.4 Å². The van der Waals surface area contributed by atoms with Crippen LogP contribution in [-0.4, -0.2) is 9.97 Å². The van der Waals surface area contributed by atoms with Crippen LogP contribution in [0.4, 0.5) is 0 Å². The van der Waals surface area contributed by atoms with E-state index >= 15 is 0 Å². The molecule has 0 unspecified atom stereocenters. The van der Waals surface area contributed by atoms with E-state index in [-0.39, 0.29) is 17.0 Å². The van der Waals surface area contributed by atoms with Gasteiger partial charge in [-0.05, 0) is 25.1 Å². The summed E-state index contributed by atoms with van der Waals surface area (Å²) >= 11 is 0. The summed E-state index contributed by atoms with van der Waals surface area (Å²) < 4.78 is 2.26. The first kappa shape index (κ1) is 17.6. The molecule has 0 atom stereocenters. The Bertz CT molecular complexity index is 1140. The Morgan fingerprint density at radius 1 is 0.741 bits per heavy atom. The number of aromatic nitrogens is 3. The van der Waals surface area contributed by atoms with Crippen molar-refractivity contribution in [1.29, 1.82) is 0 Å². The maximum Gasteiger partial charge on any atom is 0.176 e. The molecule has 0 spiro atoms. The lowest BCUT2D eigenvalue weighted by Crippen LogP contribution is -3.00. The highest BCUT2D eigenvalue weighted by atomic mass is 79.9. The lowest BCUT2D eigenvalue weighted by Gasteiger charge is -2.04. The van der Waals surface area contributed by atoms with Gasteiger partial charge in [0, 0.05) is 56.5 Å². The Balaban J connectivity index is 0.00000180. The van der Waals surface area contributed by atoms with Crippen LogP contribution >= 0.6 is 0 Å². The maximum absolute atomic E-state index is 3.39. The molecule has 2 N–H and O–H groups in total. The summed E-state index contributed by atoms with van der Waals surface area (Å²) in [5.74, 6) is 0. The van der Waals surface area contributed by atoms with Crippen molar-refractivity contribution >= 4 is 21.8 Å². The van der Waals surface area contributed by atoms with Crippen LogP contribution < -0.4 is 21.5 Å². The van der Waals surface area contributed by atoms with Crippen LogP contribution in [0, 0.1) is 0 Å². The Morgan fingerprint density at radius 2 is 1.22 bits per heavy atom. The van der Waals surface area contributed by atoms with E-state index in [1.165, 1.54) is 44.1 Å². The van der Waals surface area contributed by atoms with Gasteiger partial charge in [-0.2, -0.15) is 0 Å². The predicted octanol–water partition coefficient (Wildman–Crippen LogP) is 2.29. The van der Waals surface area contributed by atoms with Crippen LogP contribution in [0.25, 0.3) is 44.1 Å². The van der Waals surface area contributed by atoms with Crippen molar-refractivity contribution < 1.29 is 21.5 Å². The third-order valence-corrected chi connectivity index (χ3v) is 5.09. The molecule has 3 nitrogen and oxygen atoms in total. The first-order valence-electron chi connectivity index (χ1n) is 9.00. The zero-order valence-electron chi connectivity index (χ0n) is 15.0. The minimum Gasteiger partial charge on any atom is -1.00 e. The highest BCUT2D eigenvalue weighted by molar-refractivity contribution is 5.98. The third kappa shape index (κ3) is 2.96. The van der Waals surface area contributed by atoms with E-state index < -0.39 is 0 Å². The van der Waals surface area contributed by atoms with Crippen molar-refractivity contribution in [1.82, 2.24) is 9.97 Å². The first-order valence-corrected chi connectivity index (χ1v) is 9.00. The molecule has 0 saturated heterocycles. The number of H-pyrrole nitrogens is 2. The SMILES string of the molecule is CC[n+]1cc(-c2c[nH]c3ccccc23)cc(-c2c[nH]c3ccccc23)c1.[Br-]. The van der Waals surface area contributed by atoms with Crippen molar-refractivity contribution in [3.63, 3.8) is 0 Å². The smallest absolute Gasteiger partial charge is 0.176 e. The summed E-state index contributed by atoms with van der Waals surface area (Å²) in [7, 11) is 0. The zero-order valence-corrected chi connectivity index (χ0v) is 16.6. The molecule has 0 radical (unpaired) electrons. The number of nitrogens with one attached hydrogen (secondary N) is 2. The number of para-hydroxylation sites is 2. The number of hydrogen-bond donors (Lipinski definition) is 2. The van der Waals surface area contributed by atoms with Gasteiger partial charge in [0.2, 0.25) is 0 Å². The summed E-state index contributed by atoms with van der Waals surface area (Å²) in [6, 6.07) is 19.2. The number of fused-ring (bicyclic) bond motifs is 2. The van der Waals surface area contributed by atoms with E-state index in [0.29, 0.717) is 0 Å². The largest absolute Gasteiger partial charge is 1.00 e. The molecular formula is C23H20BrN3. The van der Waals surface area contributed by atoms with Gasteiger partial charge in [-0.3, -0.25) is 0 Å². The minimum absolute atomic E-state index is 0. The van der Waals surface area contributed by atoms with Crippen LogP contribution in [-0.2, 0) is 6.54 Å². The average Bonchev–Trinajstić information content (AvgIpc) is 3.32. The van der Waals surface area contributed by atoms with E-state index in [4.69, 9.17) is 0 Å². The molecule has 0 bridgehead atoms. The molecule has 0 aliphatic carbocycles. The van der Waals surface area contributed by atoms with E-state index in [2.05, 4.69) is 101 Å². The topological polar surface area (TPSA) is 35.5 Å². The summed E-state index contributed by atoms with van der Waals surface area (Å²) in [4.78, 5) is 6.79. The van der Waals surface area contributed by atoms with Gasteiger partial charge in [0.1, 0.15) is 6.54 Å². The van der Waals surface area contributed by atoms with Crippen molar-refractivity contribution in [3.05, 3.63) is 79.4 Å². The van der Waals surface area contributed by atoms with Gasteiger partial charge in [-0.25, -0.2) is 4.57 Å².